The zero-order valence-corrected chi connectivity index (χ0v) is 12.8. The average molecular weight is 298 g/mol. The predicted octanol–water partition coefficient (Wildman–Crippen LogP) is 1.93. The minimum Gasteiger partial charge on any atom is -0.293 e. The third-order valence-electron chi connectivity index (χ3n) is 3.39. The molecule has 3 aromatic rings. The van der Waals surface area contributed by atoms with E-state index in [1.807, 2.05) is 38.1 Å². The van der Waals surface area contributed by atoms with Crippen molar-refractivity contribution in [3.63, 3.8) is 0 Å². The minimum absolute atomic E-state index is 0.136. The molecule has 1 aromatic carbocycles. The van der Waals surface area contributed by atoms with Crippen molar-refractivity contribution in [1.29, 1.82) is 0 Å². The van der Waals surface area contributed by atoms with Crippen molar-refractivity contribution in [3.8, 4) is 0 Å². The molecule has 0 saturated carbocycles. The molecule has 2 aromatic heterocycles. The lowest BCUT2D eigenvalue weighted by Gasteiger charge is -2.05. The van der Waals surface area contributed by atoms with Crippen LogP contribution in [0.25, 0.3) is 10.9 Å². The highest BCUT2D eigenvalue weighted by Crippen LogP contribution is 2.14. The summed E-state index contributed by atoms with van der Waals surface area (Å²) in [4.78, 5) is 16.5. The Morgan fingerprint density at radius 3 is 2.82 bits per heavy atom. The Labute approximate surface area is 128 Å². The molecule has 7 heteroatoms. The summed E-state index contributed by atoms with van der Waals surface area (Å²) in [6, 6.07) is 7.78. The SMILES string of the molecule is CC(C)c1nc(NC(=O)Cn2ncc3ccccc32)n(C)n1. The summed E-state index contributed by atoms with van der Waals surface area (Å²) in [5.41, 5.74) is 0.929. The normalized spacial score (nSPS) is 11.3. The summed E-state index contributed by atoms with van der Waals surface area (Å²) in [6.45, 7) is 4.16. The topological polar surface area (TPSA) is 77.6 Å². The van der Waals surface area contributed by atoms with Gasteiger partial charge in [0.1, 0.15) is 6.54 Å². The molecule has 22 heavy (non-hydrogen) atoms. The lowest BCUT2D eigenvalue weighted by atomic mass is 10.2. The second-order valence-electron chi connectivity index (χ2n) is 5.48. The Bertz CT molecular complexity index is 816. The smallest absolute Gasteiger partial charge is 0.248 e. The van der Waals surface area contributed by atoms with Crippen molar-refractivity contribution in [1.82, 2.24) is 24.5 Å². The highest BCUT2D eigenvalue weighted by Gasteiger charge is 2.14. The molecule has 0 aliphatic heterocycles. The van der Waals surface area contributed by atoms with E-state index in [1.54, 1.807) is 22.6 Å². The van der Waals surface area contributed by atoms with Gasteiger partial charge in [-0.25, -0.2) is 4.68 Å². The number of hydrogen-bond donors (Lipinski definition) is 1. The van der Waals surface area contributed by atoms with Gasteiger partial charge >= 0.3 is 0 Å². The number of aromatic nitrogens is 5. The number of para-hydroxylation sites is 1. The lowest BCUT2D eigenvalue weighted by molar-refractivity contribution is -0.116. The Morgan fingerprint density at radius 1 is 1.32 bits per heavy atom. The molecule has 0 aliphatic rings. The first-order valence-electron chi connectivity index (χ1n) is 7.16. The fourth-order valence-electron chi connectivity index (χ4n) is 2.21. The number of anilines is 1. The number of carbonyl (C=O) groups excluding carboxylic acids is 1. The predicted molar refractivity (Wildman–Crippen MR) is 83.5 cm³/mol. The number of fused-ring (bicyclic) bond motifs is 1. The number of nitrogens with one attached hydrogen (secondary N) is 1. The third-order valence-corrected chi connectivity index (χ3v) is 3.39. The van der Waals surface area contributed by atoms with Crippen molar-refractivity contribution >= 4 is 22.8 Å². The molecule has 0 aliphatic carbocycles. The minimum atomic E-state index is -0.181. The van der Waals surface area contributed by atoms with E-state index in [-0.39, 0.29) is 18.4 Å². The van der Waals surface area contributed by atoms with Gasteiger partial charge in [-0.1, -0.05) is 32.0 Å². The number of aryl methyl sites for hydroxylation is 1. The Balaban J connectivity index is 1.75. The fourth-order valence-corrected chi connectivity index (χ4v) is 2.21. The van der Waals surface area contributed by atoms with Crippen LogP contribution >= 0.6 is 0 Å². The van der Waals surface area contributed by atoms with Crippen molar-refractivity contribution in [2.75, 3.05) is 5.32 Å². The van der Waals surface area contributed by atoms with Gasteiger partial charge in [-0.3, -0.25) is 14.8 Å². The van der Waals surface area contributed by atoms with E-state index < -0.39 is 0 Å². The molecule has 0 radical (unpaired) electrons. The molecule has 0 saturated heterocycles. The van der Waals surface area contributed by atoms with Gasteiger partial charge in [0.2, 0.25) is 11.9 Å². The number of carbonyl (C=O) groups is 1. The second kappa shape index (κ2) is 5.59. The first kappa shape index (κ1) is 14.2. The van der Waals surface area contributed by atoms with Gasteiger partial charge in [0, 0.05) is 18.4 Å². The molecule has 114 valence electrons. The van der Waals surface area contributed by atoms with Crippen molar-refractivity contribution in [2.24, 2.45) is 7.05 Å². The molecule has 2 heterocycles. The van der Waals surface area contributed by atoms with Crippen LogP contribution in [0.3, 0.4) is 0 Å². The molecule has 0 spiro atoms. The van der Waals surface area contributed by atoms with Crippen LogP contribution in [0.4, 0.5) is 5.95 Å². The number of amides is 1. The molecular weight excluding hydrogens is 280 g/mol. The molecule has 7 nitrogen and oxygen atoms in total. The summed E-state index contributed by atoms with van der Waals surface area (Å²) < 4.78 is 3.25. The van der Waals surface area contributed by atoms with E-state index in [4.69, 9.17) is 0 Å². The zero-order chi connectivity index (χ0) is 15.7. The number of benzene rings is 1. The van der Waals surface area contributed by atoms with E-state index in [1.165, 1.54) is 0 Å². The molecule has 3 rings (SSSR count). The number of rotatable bonds is 4. The van der Waals surface area contributed by atoms with E-state index in [0.717, 1.165) is 10.9 Å². The van der Waals surface area contributed by atoms with Crippen LogP contribution in [0.15, 0.2) is 30.5 Å². The van der Waals surface area contributed by atoms with E-state index in [0.29, 0.717) is 11.8 Å². The quantitative estimate of drug-likeness (QED) is 0.798. The molecular formula is C15H18N6O. The summed E-state index contributed by atoms with van der Waals surface area (Å²) in [7, 11) is 1.76. The van der Waals surface area contributed by atoms with Gasteiger partial charge in [-0.15, -0.1) is 0 Å². The van der Waals surface area contributed by atoms with Crippen LogP contribution in [0.2, 0.25) is 0 Å². The summed E-state index contributed by atoms with van der Waals surface area (Å²) >= 11 is 0. The van der Waals surface area contributed by atoms with Gasteiger partial charge in [0.05, 0.1) is 11.7 Å². The van der Waals surface area contributed by atoms with E-state index >= 15 is 0 Å². The summed E-state index contributed by atoms with van der Waals surface area (Å²) in [5.74, 6) is 1.19. The Morgan fingerprint density at radius 2 is 2.09 bits per heavy atom. The average Bonchev–Trinajstić information content (AvgIpc) is 3.04. The van der Waals surface area contributed by atoms with Crippen LogP contribution in [-0.2, 0) is 18.4 Å². The number of hydrogen-bond acceptors (Lipinski definition) is 4. The molecule has 0 unspecified atom stereocenters. The monoisotopic (exact) mass is 298 g/mol. The number of nitrogens with zero attached hydrogens (tertiary/aromatic N) is 5. The zero-order valence-electron chi connectivity index (χ0n) is 12.8. The summed E-state index contributed by atoms with van der Waals surface area (Å²) in [5, 5.41) is 12.3. The Hall–Kier alpha value is -2.70. The maximum atomic E-state index is 12.2. The van der Waals surface area contributed by atoms with Crippen molar-refractivity contribution in [3.05, 3.63) is 36.3 Å². The van der Waals surface area contributed by atoms with Crippen LogP contribution in [-0.4, -0.2) is 30.5 Å². The summed E-state index contributed by atoms with van der Waals surface area (Å²) in [6.07, 6.45) is 1.75. The van der Waals surface area contributed by atoms with Crippen molar-refractivity contribution in [2.45, 2.75) is 26.3 Å². The molecule has 0 fully saturated rings. The van der Waals surface area contributed by atoms with Gasteiger partial charge in [0.15, 0.2) is 5.82 Å². The maximum Gasteiger partial charge on any atom is 0.248 e. The fraction of sp³-hybridized carbons (Fsp3) is 0.333. The first-order chi connectivity index (χ1) is 10.5. The van der Waals surface area contributed by atoms with Crippen LogP contribution in [0.1, 0.15) is 25.6 Å². The second-order valence-corrected chi connectivity index (χ2v) is 5.48. The van der Waals surface area contributed by atoms with Gasteiger partial charge < -0.3 is 0 Å². The molecule has 0 atom stereocenters. The van der Waals surface area contributed by atoms with Gasteiger partial charge in [0.25, 0.3) is 0 Å². The van der Waals surface area contributed by atoms with Crippen LogP contribution in [0.5, 0.6) is 0 Å². The van der Waals surface area contributed by atoms with Crippen molar-refractivity contribution < 1.29 is 4.79 Å². The van der Waals surface area contributed by atoms with E-state index in [9.17, 15) is 4.79 Å². The van der Waals surface area contributed by atoms with Gasteiger partial charge in [-0.2, -0.15) is 15.2 Å². The van der Waals surface area contributed by atoms with E-state index in [2.05, 4.69) is 20.5 Å². The molecule has 1 N–H and O–H groups in total. The van der Waals surface area contributed by atoms with Gasteiger partial charge in [-0.05, 0) is 6.07 Å². The molecule has 1 amide bonds. The lowest BCUT2D eigenvalue weighted by Crippen LogP contribution is -2.21. The largest absolute Gasteiger partial charge is 0.293 e. The highest BCUT2D eigenvalue weighted by atomic mass is 16.2. The first-order valence-corrected chi connectivity index (χ1v) is 7.16. The highest BCUT2D eigenvalue weighted by molar-refractivity contribution is 5.90. The maximum absolute atomic E-state index is 12.2. The van der Waals surface area contributed by atoms with Crippen LogP contribution < -0.4 is 5.32 Å². The Kier molecular flexibility index (Phi) is 3.62. The third kappa shape index (κ3) is 2.69. The van der Waals surface area contributed by atoms with Crippen LogP contribution in [0, 0.1) is 0 Å². The molecule has 0 bridgehead atoms. The standard InChI is InChI=1S/C15H18N6O/c1-10(2)14-18-15(20(3)19-14)17-13(22)9-21-12-7-5-4-6-11(12)8-16-21/h4-8,10H,9H2,1-3H3,(H,17,18,19,22).